The molecule has 3 aromatic rings. The fraction of sp³-hybridized carbons (Fsp3) is 0.375. The number of carbonyl (C=O) groups is 1. The van der Waals surface area contributed by atoms with Gasteiger partial charge in [0, 0.05) is 13.1 Å². The van der Waals surface area contributed by atoms with Crippen molar-refractivity contribution in [2.24, 2.45) is 0 Å². The lowest BCUT2D eigenvalue weighted by Crippen LogP contribution is -2.32. The Bertz CT molecular complexity index is 1380. The van der Waals surface area contributed by atoms with Gasteiger partial charge in [0.05, 0.1) is 28.6 Å². The monoisotopic (exact) mass is 484 g/mol. The van der Waals surface area contributed by atoms with Crippen molar-refractivity contribution in [2.75, 3.05) is 25.5 Å². The number of aromatic nitrogens is 2. The Balaban J connectivity index is 1.61. The van der Waals surface area contributed by atoms with E-state index in [1.54, 1.807) is 31.2 Å². The quantitative estimate of drug-likeness (QED) is 0.576. The van der Waals surface area contributed by atoms with E-state index < -0.39 is 15.9 Å². The number of fused-ring (bicyclic) bond motifs is 1. The highest BCUT2D eigenvalue weighted by Gasteiger charge is 2.26. The number of para-hydroxylation sites is 1. The predicted octanol–water partition coefficient (Wildman–Crippen LogP) is 2.92. The number of amides is 1. The second-order valence-electron chi connectivity index (χ2n) is 8.30. The van der Waals surface area contributed by atoms with Crippen molar-refractivity contribution in [1.82, 2.24) is 13.9 Å². The molecule has 0 bridgehead atoms. The Morgan fingerprint density at radius 3 is 2.50 bits per heavy atom. The number of rotatable bonds is 6. The smallest absolute Gasteiger partial charge is 0.261 e. The summed E-state index contributed by atoms with van der Waals surface area (Å²) in [5.41, 5.74) is 0.473. The van der Waals surface area contributed by atoms with E-state index in [1.807, 2.05) is 0 Å². The zero-order valence-corrected chi connectivity index (χ0v) is 20.1. The van der Waals surface area contributed by atoms with E-state index in [0.29, 0.717) is 35.6 Å². The van der Waals surface area contributed by atoms with Crippen LogP contribution >= 0.6 is 0 Å². The Morgan fingerprint density at radius 2 is 1.79 bits per heavy atom. The first-order valence-corrected chi connectivity index (χ1v) is 12.7. The first-order chi connectivity index (χ1) is 16.3. The van der Waals surface area contributed by atoms with Crippen molar-refractivity contribution in [3.8, 4) is 5.75 Å². The minimum Gasteiger partial charge on any atom is -0.495 e. The number of anilines is 1. The third kappa shape index (κ3) is 4.83. The maximum atomic E-state index is 13.2. The van der Waals surface area contributed by atoms with Crippen LogP contribution in [0.2, 0.25) is 0 Å². The summed E-state index contributed by atoms with van der Waals surface area (Å²) in [6, 6.07) is 11.4. The summed E-state index contributed by atoms with van der Waals surface area (Å²) in [5.74, 6) is 0.233. The van der Waals surface area contributed by atoms with Gasteiger partial charge in [0.1, 0.15) is 18.1 Å². The van der Waals surface area contributed by atoms with Gasteiger partial charge in [0.25, 0.3) is 5.56 Å². The van der Waals surface area contributed by atoms with Gasteiger partial charge in [-0.1, -0.05) is 25.0 Å². The van der Waals surface area contributed by atoms with Gasteiger partial charge in [0.15, 0.2) is 0 Å². The zero-order chi connectivity index (χ0) is 24.3. The van der Waals surface area contributed by atoms with Gasteiger partial charge >= 0.3 is 0 Å². The molecule has 0 unspecified atom stereocenters. The van der Waals surface area contributed by atoms with Crippen LogP contribution in [0, 0.1) is 6.92 Å². The number of aryl methyl sites for hydroxylation is 1. The molecule has 2 heterocycles. The van der Waals surface area contributed by atoms with Crippen molar-refractivity contribution in [1.29, 1.82) is 0 Å². The molecule has 180 valence electrons. The largest absolute Gasteiger partial charge is 0.495 e. The predicted molar refractivity (Wildman–Crippen MR) is 130 cm³/mol. The van der Waals surface area contributed by atoms with Crippen LogP contribution in [-0.4, -0.2) is 48.4 Å². The van der Waals surface area contributed by atoms with Crippen LogP contribution in [0.1, 0.15) is 31.5 Å². The standard InChI is InChI=1S/C24H28N4O5S/c1-17-25-20-10-6-5-9-19(20)24(30)28(17)16-23(29)26-21-15-18(11-12-22(21)33-2)34(31,32)27-13-7-3-4-8-14-27/h5-6,9-12,15H,3-4,7-8,13-14,16H2,1-2H3,(H,26,29). The van der Waals surface area contributed by atoms with Crippen molar-refractivity contribution in [2.45, 2.75) is 44.0 Å². The summed E-state index contributed by atoms with van der Waals surface area (Å²) in [5, 5.41) is 3.13. The van der Waals surface area contributed by atoms with Crippen molar-refractivity contribution >= 4 is 32.5 Å². The number of sulfonamides is 1. The van der Waals surface area contributed by atoms with E-state index in [2.05, 4.69) is 10.3 Å². The molecule has 1 aromatic heterocycles. The van der Waals surface area contributed by atoms with Gasteiger partial charge in [-0.25, -0.2) is 13.4 Å². The molecule has 1 saturated heterocycles. The lowest BCUT2D eigenvalue weighted by Gasteiger charge is -2.21. The van der Waals surface area contributed by atoms with Crippen LogP contribution in [-0.2, 0) is 21.4 Å². The van der Waals surface area contributed by atoms with E-state index in [0.717, 1.165) is 25.7 Å². The molecule has 34 heavy (non-hydrogen) atoms. The average molecular weight is 485 g/mol. The lowest BCUT2D eigenvalue weighted by molar-refractivity contribution is -0.116. The van der Waals surface area contributed by atoms with Crippen LogP contribution in [0.4, 0.5) is 5.69 Å². The highest BCUT2D eigenvalue weighted by molar-refractivity contribution is 7.89. The van der Waals surface area contributed by atoms with Gasteiger partial charge in [-0.2, -0.15) is 4.31 Å². The molecular formula is C24H28N4O5S. The summed E-state index contributed by atoms with van der Waals surface area (Å²) in [6.45, 7) is 2.35. The summed E-state index contributed by atoms with van der Waals surface area (Å²) in [6.07, 6.45) is 3.68. The molecule has 1 amide bonds. The minimum atomic E-state index is -3.70. The summed E-state index contributed by atoms with van der Waals surface area (Å²) >= 11 is 0. The van der Waals surface area contributed by atoms with Gasteiger partial charge in [-0.15, -0.1) is 0 Å². The van der Waals surface area contributed by atoms with Gasteiger partial charge in [-0.05, 0) is 50.1 Å². The molecule has 1 aliphatic rings. The summed E-state index contributed by atoms with van der Waals surface area (Å²) in [7, 11) is -2.26. The van der Waals surface area contributed by atoms with Crippen LogP contribution in [0.15, 0.2) is 52.2 Å². The number of nitrogens with one attached hydrogen (secondary N) is 1. The maximum Gasteiger partial charge on any atom is 0.261 e. The van der Waals surface area contributed by atoms with Crippen LogP contribution in [0.5, 0.6) is 5.75 Å². The van der Waals surface area contributed by atoms with Crippen LogP contribution in [0.25, 0.3) is 10.9 Å². The van der Waals surface area contributed by atoms with E-state index in [9.17, 15) is 18.0 Å². The molecule has 1 N–H and O–H groups in total. The zero-order valence-electron chi connectivity index (χ0n) is 19.3. The molecule has 0 atom stereocenters. The fourth-order valence-electron chi connectivity index (χ4n) is 4.17. The first-order valence-electron chi connectivity index (χ1n) is 11.3. The Labute approximate surface area is 198 Å². The molecule has 0 aliphatic carbocycles. The van der Waals surface area contributed by atoms with E-state index in [1.165, 1.54) is 34.2 Å². The number of nitrogens with zero attached hydrogens (tertiary/aromatic N) is 3. The van der Waals surface area contributed by atoms with Gasteiger partial charge < -0.3 is 10.1 Å². The molecule has 1 aliphatic heterocycles. The van der Waals surface area contributed by atoms with Gasteiger partial charge in [0.2, 0.25) is 15.9 Å². The Morgan fingerprint density at radius 1 is 1.09 bits per heavy atom. The first kappa shape index (κ1) is 23.9. The van der Waals surface area contributed by atoms with Gasteiger partial charge in [-0.3, -0.25) is 14.2 Å². The van der Waals surface area contributed by atoms with Crippen molar-refractivity contribution < 1.29 is 17.9 Å². The SMILES string of the molecule is COc1ccc(S(=O)(=O)N2CCCCCC2)cc1NC(=O)Cn1c(C)nc2ccccc2c1=O. The molecular weight excluding hydrogens is 456 g/mol. The lowest BCUT2D eigenvalue weighted by atomic mass is 10.2. The van der Waals surface area contributed by atoms with E-state index in [-0.39, 0.29) is 22.7 Å². The van der Waals surface area contributed by atoms with E-state index >= 15 is 0 Å². The normalized spacial score (nSPS) is 15.1. The average Bonchev–Trinajstić information content (AvgIpc) is 3.12. The molecule has 4 rings (SSSR count). The minimum absolute atomic E-state index is 0.0891. The van der Waals surface area contributed by atoms with Crippen molar-refractivity contribution in [3.05, 3.63) is 58.6 Å². The number of carbonyl (C=O) groups excluding carboxylic acids is 1. The molecule has 0 spiro atoms. The molecule has 9 nitrogen and oxygen atoms in total. The second kappa shape index (κ2) is 9.94. The van der Waals surface area contributed by atoms with E-state index in [4.69, 9.17) is 4.74 Å². The highest BCUT2D eigenvalue weighted by atomic mass is 32.2. The molecule has 2 aromatic carbocycles. The van der Waals surface area contributed by atoms with Crippen LogP contribution in [0.3, 0.4) is 0 Å². The number of methoxy groups -OCH3 is 1. The molecule has 10 heteroatoms. The topological polar surface area (TPSA) is 111 Å². The summed E-state index contributed by atoms with van der Waals surface area (Å²) in [4.78, 5) is 30.3. The van der Waals surface area contributed by atoms with Crippen molar-refractivity contribution in [3.63, 3.8) is 0 Å². The molecule has 1 fully saturated rings. The fourth-order valence-corrected chi connectivity index (χ4v) is 5.72. The molecule has 0 saturated carbocycles. The highest BCUT2D eigenvalue weighted by Crippen LogP contribution is 2.30. The van der Waals surface area contributed by atoms with Crippen LogP contribution < -0.4 is 15.6 Å². The number of hydrogen-bond donors (Lipinski definition) is 1. The summed E-state index contributed by atoms with van der Waals surface area (Å²) < 4.78 is 34.5. The third-order valence-corrected chi connectivity index (χ3v) is 7.90. The Hall–Kier alpha value is -3.24. The molecule has 0 radical (unpaired) electrons. The number of ether oxygens (including phenoxy) is 1. The Kier molecular flexibility index (Phi) is 6.99. The number of benzene rings is 2. The third-order valence-electron chi connectivity index (χ3n) is 6.00. The maximum absolute atomic E-state index is 13.2. The number of hydrogen-bond acceptors (Lipinski definition) is 6. The second-order valence-corrected chi connectivity index (χ2v) is 10.2.